The molecule has 1 aromatic rings. The first kappa shape index (κ1) is 16.2. The summed E-state index contributed by atoms with van der Waals surface area (Å²) in [5.74, 6) is -1.33. The first-order valence-corrected chi connectivity index (χ1v) is 8.20. The minimum atomic E-state index is -1.10. The molecule has 0 unspecified atom stereocenters. The molecule has 0 radical (unpaired) electrons. The molecular formula is C15H15Br2NO3. The van der Waals surface area contributed by atoms with Gasteiger partial charge in [0.25, 0.3) is 0 Å². The van der Waals surface area contributed by atoms with Crippen LogP contribution in [-0.4, -0.2) is 22.5 Å². The molecule has 112 valence electrons. The van der Waals surface area contributed by atoms with Crippen LogP contribution in [-0.2, 0) is 9.59 Å². The smallest absolute Gasteiger partial charge is 0.329 e. The van der Waals surface area contributed by atoms with Gasteiger partial charge in [-0.15, -0.1) is 0 Å². The summed E-state index contributed by atoms with van der Waals surface area (Å²) in [6, 6.07) is 5.61. The predicted octanol–water partition coefficient (Wildman–Crippen LogP) is 3.74. The molecule has 0 aromatic heterocycles. The number of hydrogen-bond acceptors (Lipinski definition) is 2. The molecule has 21 heavy (non-hydrogen) atoms. The Balaban J connectivity index is 2.05. The van der Waals surface area contributed by atoms with E-state index in [1.807, 2.05) is 18.2 Å². The summed E-state index contributed by atoms with van der Waals surface area (Å²) in [6.45, 7) is 0. The van der Waals surface area contributed by atoms with Crippen LogP contribution >= 0.6 is 31.9 Å². The molecular weight excluding hydrogens is 402 g/mol. The zero-order valence-corrected chi connectivity index (χ0v) is 14.4. The van der Waals surface area contributed by atoms with Gasteiger partial charge in [0.15, 0.2) is 0 Å². The van der Waals surface area contributed by atoms with Gasteiger partial charge in [0.1, 0.15) is 5.54 Å². The number of carbonyl (C=O) groups excluding carboxylic acids is 1. The van der Waals surface area contributed by atoms with Crippen molar-refractivity contribution in [1.82, 2.24) is 5.32 Å². The van der Waals surface area contributed by atoms with Crippen molar-refractivity contribution in [1.29, 1.82) is 0 Å². The predicted molar refractivity (Wildman–Crippen MR) is 87.9 cm³/mol. The Morgan fingerprint density at radius 3 is 2.43 bits per heavy atom. The molecule has 0 atom stereocenters. The number of carbonyl (C=O) groups is 2. The molecule has 1 aliphatic carbocycles. The van der Waals surface area contributed by atoms with Crippen LogP contribution in [0.25, 0.3) is 6.08 Å². The van der Waals surface area contributed by atoms with Crippen LogP contribution in [0.4, 0.5) is 0 Å². The van der Waals surface area contributed by atoms with E-state index in [1.54, 1.807) is 6.08 Å². The lowest BCUT2D eigenvalue weighted by Crippen LogP contribution is -2.52. The third-order valence-corrected chi connectivity index (χ3v) is 5.48. The molecule has 0 saturated heterocycles. The summed E-state index contributed by atoms with van der Waals surface area (Å²) < 4.78 is 1.82. The van der Waals surface area contributed by atoms with E-state index in [0.29, 0.717) is 12.8 Å². The molecule has 1 aliphatic rings. The second-order valence-electron chi connectivity index (χ2n) is 5.09. The van der Waals surface area contributed by atoms with Crippen molar-refractivity contribution in [3.8, 4) is 0 Å². The van der Waals surface area contributed by atoms with E-state index in [0.717, 1.165) is 27.4 Å². The minimum absolute atomic E-state index is 0.377. The van der Waals surface area contributed by atoms with Crippen LogP contribution in [0.3, 0.4) is 0 Å². The Labute approximate surface area is 139 Å². The van der Waals surface area contributed by atoms with Gasteiger partial charge in [0, 0.05) is 15.0 Å². The number of aliphatic carboxylic acids is 1. The van der Waals surface area contributed by atoms with Crippen molar-refractivity contribution in [2.24, 2.45) is 0 Å². The van der Waals surface area contributed by atoms with Crippen molar-refractivity contribution in [2.45, 2.75) is 31.2 Å². The molecule has 0 bridgehead atoms. The molecule has 2 N–H and O–H groups in total. The second kappa shape index (κ2) is 6.75. The standard InChI is InChI=1S/C15H15Br2NO3/c16-11-5-3-10(9-12(11)17)4-6-13(19)18-15(14(20)21)7-1-2-8-15/h3-6,9H,1-2,7-8H2,(H,18,19)(H,20,21)/b6-4+. The third-order valence-electron chi connectivity index (χ3n) is 3.60. The highest BCUT2D eigenvalue weighted by Crippen LogP contribution is 2.30. The van der Waals surface area contributed by atoms with Gasteiger partial charge in [-0.2, -0.15) is 0 Å². The monoisotopic (exact) mass is 415 g/mol. The van der Waals surface area contributed by atoms with E-state index in [4.69, 9.17) is 0 Å². The lowest BCUT2D eigenvalue weighted by atomic mass is 9.98. The Hall–Kier alpha value is -1.14. The van der Waals surface area contributed by atoms with E-state index < -0.39 is 11.5 Å². The Bertz CT molecular complexity index is 593. The molecule has 4 nitrogen and oxygen atoms in total. The summed E-state index contributed by atoms with van der Waals surface area (Å²) in [5, 5.41) is 12.0. The number of benzene rings is 1. The van der Waals surface area contributed by atoms with E-state index in [2.05, 4.69) is 37.2 Å². The van der Waals surface area contributed by atoms with Gasteiger partial charge in [-0.3, -0.25) is 4.79 Å². The average Bonchev–Trinajstić information content (AvgIpc) is 2.90. The first-order valence-electron chi connectivity index (χ1n) is 6.62. The van der Waals surface area contributed by atoms with Gasteiger partial charge in [0.05, 0.1) is 0 Å². The van der Waals surface area contributed by atoms with Gasteiger partial charge >= 0.3 is 5.97 Å². The SMILES string of the molecule is O=C(/C=C/c1ccc(Br)c(Br)c1)NC1(C(=O)O)CCCC1. The van der Waals surface area contributed by atoms with E-state index in [9.17, 15) is 14.7 Å². The van der Waals surface area contributed by atoms with Crippen LogP contribution < -0.4 is 5.32 Å². The Kier molecular flexibility index (Phi) is 5.22. The van der Waals surface area contributed by atoms with Crippen LogP contribution in [0.5, 0.6) is 0 Å². The number of halogens is 2. The molecule has 1 saturated carbocycles. The van der Waals surface area contributed by atoms with Gasteiger partial charge in [-0.25, -0.2) is 4.79 Å². The fourth-order valence-electron chi connectivity index (χ4n) is 2.44. The topological polar surface area (TPSA) is 66.4 Å². The van der Waals surface area contributed by atoms with Gasteiger partial charge < -0.3 is 10.4 Å². The van der Waals surface area contributed by atoms with Crippen LogP contribution in [0.15, 0.2) is 33.2 Å². The molecule has 0 heterocycles. The van der Waals surface area contributed by atoms with Crippen molar-refractivity contribution >= 4 is 49.8 Å². The highest BCUT2D eigenvalue weighted by molar-refractivity contribution is 9.13. The molecule has 2 rings (SSSR count). The van der Waals surface area contributed by atoms with Crippen molar-refractivity contribution < 1.29 is 14.7 Å². The maximum atomic E-state index is 12.0. The highest BCUT2D eigenvalue weighted by atomic mass is 79.9. The molecule has 6 heteroatoms. The summed E-state index contributed by atoms with van der Waals surface area (Å²) in [7, 11) is 0. The number of carboxylic acids is 1. The normalized spacial score (nSPS) is 17.0. The molecule has 1 aromatic carbocycles. The van der Waals surface area contributed by atoms with Crippen molar-refractivity contribution in [3.05, 3.63) is 38.8 Å². The van der Waals surface area contributed by atoms with Crippen LogP contribution in [0, 0.1) is 0 Å². The number of hydrogen-bond donors (Lipinski definition) is 2. The van der Waals surface area contributed by atoms with Crippen molar-refractivity contribution in [2.75, 3.05) is 0 Å². The maximum absolute atomic E-state index is 12.0. The fraction of sp³-hybridized carbons (Fsp3) is 0.333. The van der Waals surface area contributed by atoms with Crippen LogP contribution in [0.2, 0.25) is 0 Å². The highest BCUT2D eigenvalue weighted by Gasteiger charge is 2.42. The molecule has 1 amide bonds. The van der Waals surface area contributed by atoms with Gasteiger partial charge in [0.2, 0.25) is 5.91 Å². The summed E-state index contributed by atoms with van der Waals surface area (Å²) >= 11 is 6.77. The molecule has 0 spiro atoms. The maximum Gasteiger partial charge on any atom is 0.329 e. The van der Waals surface area contributed by atoms with Crippen LogP contribution in [0.1, 0.15) is 31.2 Å². The number of carboxylic acid groups (broad SMARTS) is 1. The zero-order valence-electron chi connectivity index (χ0n) is 11.2. The van der Waals surface area contributed by atoms with E-state index in [1.165, 1.54) is 6.08 Å². The summed E-state index contributed by atoms with van der Waals surface area (Å²) in [4.78, 5) is 23.3. The van der Waals surface area contributed by atoms with Crippen molar-refractivity contribution in [3.63, 3.8) is 0 Å². The fourth-order valence-corrected chi connectivity index (χ4v) is 3.08. The Morgan fingerprint density at radius 1 is 1.19 bits per heavy atom. The van der Waals surface area contributed by atoms with E-state index in [-0.39, 0.29) is 5.91 Å². The van der Waals surface area contributed by atoms with E-state index >= 15 is 0 Å². The number of rotatable bonds is 4. The lowest BCUT2D eigenvalue weighted by Gasteiger charge is -2.24. The first-order chi connectivity index (χ1) is 9.93. The number of nitrogens with one attached hydrogen (secondary N) is 1. The third kappa shape index (κ3) is 3.95. The quantitative estimate of drug-likeness (QED) is 0.734. The summed E-state index contributed by atoms with van der Waals surface area (Å²) in [5.41, 5.74) is -0.238. The summed E-state index contributed by atoms with van der Waals surface area (Å²) in [6.07, 6.45) is 5.68. The Morgan fingerprint density at radius 2 is 1.86 bits per heavy atom. The molecule has 1 fully saturated rings. The number of amides is 1. The average molecular weight is 417 g/mol. The molecule has 0 aliphatic heterocycles. The lowest BCUT2D eigenvalue weighted by molar-refractivity contribution is -0.146. The second-order valence-corrected chi connectivity index (χ2v) is 6.80. The zero-order chi connectivity index (χ0) is 15.5. The van der Waals surface area contributed by atoms with Gasteiger partial charge in [-0.1, -0.05) is 18.9 Å². The minimum Gasteiger partial charge on any atom is -0.480 e. The van der Waals surface area contributed by atoms with Gasteiger partial charge in [-0.05, 0) is 68.5 Å². The largest absolute Gasteiger partial charge is 0.480 e.